The first kappa shape index (κ1) is 80.9. The Balaban J connectivity index is 0.0000127. The summed E-state index contributed by atoms with van der Waals surface area (Å²) < 4.78 is 20.5. The molecule has 109 heavy (non-hydrogen) atoms. The van der Waals surface area contributed by atoms with Crippen molar-refractivity contribution < 1.29 is 62.5 Å². The van der Waals surface area contributed by atoms with Crippen molar-refractivity contribution in [2.75, 3.05) is 88.0 Å². The fourth-order valence-corrected chi connectivity index (χ4v) is 15.0. The number of rotatable bonds is 34. The van der Waals surface area contributed by atoms with Crippen molar-refractivity contribution in [3.05, 3.63) is 121 Å². The zero-order chi connectivity index (χ0) is 76.6. The molecule has 35 heteroatoms. The number of aryl methyl sites for hydroxylation is 2. The molecule has 2 atom stereocenters. The summed E-state index contributed by atoms with van der Waals surface area (Å²) >= 11 is 1.50. The number of anilines is 2. The van der Waals surface area contributed by atoms with Crippen LogP contribution in [0.3, 0.4) is 0 Å². The number of carbonyl (C=O) groups excluding carboxylic acids is 8. The number of H-pyrrole nitrogens is 1. The van der Waals surface area contributed by atoms with Crippen LogP contribution < -0.4 is 42.9 Å². The van der Waals surface area contributed by atoms with E-state index < -0.39 is 59.0 Å². The lowest BCUT2D eigenvalue weighted by Crippen LogP contribution is -2.48. The Bertz CT molecular complexity index is 4640. The van der Waals surface area contributed by atoms with Crippen LogP contribution in [-0.2, 0) is 87.7 Å². The van der Waals surface area contributed by atoms with E-state index in [2.05, 4.69) is 56.4 Å². The predicted octanol–water partition coefficient (Wildman–Crippen LogP) is 5.01. The van der Waals surface area contributed by atoms with Crippen molar-refractivity contribution in [1.29, 1.82) is 0 Å². The molecule has 9 heterocycles. The van der Waals surface area contributed by atoms with E-state index in [9.17, 15) is 57.8 Å². The summed E-state index contributed by atoms with van der Waals surface area (Å²) in [5, 5.41) is 30.2. The maximum absolute atomic E-state index is 14.5. The number of amides is 6. The number of esters is 2. The van der Waals surface area contributed by atoms with Crippen LogP contribution in [0, 0.1) is 0 Å². The Morgan fingerprint density at radius 1 is 0.826 bits per heavy atom. The van der Waals surface area contributed by atoms with Gasteiger partial charge in [0.05, 0.1) is 53.1 Å². The summed E-state index contributed by atoms with van der Waals surface area (Å²) in [7, 11) is 0. The number of ether oxygens (including phenoxy) is 3. The van der Waals surface area contributed by atoms with Gasteiger partial charge in [-0.25, -0.2) is 38.8 Å². The van der Waals surface area contributed by atoms with Crippen LogP contribution >= 0.6 is 24.2 Å². The smallest absolute Gasteiger partial charge is 0.415 e. The largest absolute Gasteiger partial charge is 0.480 e. The minimum Gasteiger partial charge on any atom is -0.480 e. The van der Waals surface area contributed by atoms with Crippen LogP contribution in [-0.4, -0.2) is 212 Å². The second-order valence-corrected chi connectivity index (χ2v) is 28.3. The third kappa shape index (κ3) is 19.8. The number of hydrogen-bond acceptors (Lipinski definition) is 24. The number of nitrogen functional groups attached to an aromatic ring is 1. The van der Waals surface area contributed by atoms with Gasteiger partial charge in [0.25, 0.3) is 17.0 Å². The molecule has 11 rings (SSSR count). The Morgan fingerprint density at radius 3 is 2.27 bits per heavy atom. The number of carboxylic acid groups (broad SMARTS) is 1. The van der Waals surface area contributed by atoms with E-state index in [4.69, 9.17) is 24.9 Å². The van der Waals surface area contributed by atoms with Gasteiger partial charge in [0.2, 0.25) is 35.2 Å². The van der Waals surface area contributed by atoms with Crippen LogP contribution in [0.15, 0.2) is 70.5 Å². The van der Waals surface area contributed by atoms with Gasteiger partial charge in [-0.3, -0.25) is 38.5 Å². The van der Waals surface area contributed by atoms with E-state index in [1.165, 1.54) is 54.0 Å². The summed E-state index contributed by atoms with van der Waals surface area (Å²) in [6.45, 7) is 11.8. The van der Waals surface area contributed by atoms with Gasteiger partial charge in [0.15, 0.2) is 11.2 Å². The molecule has 33 nitrogen and oxygen atoms in total. The average molecular weight is 1540 g/mol. The summed E-state index contributed by atoms with van der Waals surface area (Å²) in [6.07, 6.45) is 9.62. The summed E-state index contributed by atoms with van der Waals surface area (Å²) in [5.74, 6) is -3.19. The van der Waals surface area contributed by atoms with Gasteiger partial charge in [0, 0.05) is 130 Å². The van der Waals surface area contributed by atoms with Gasteiger partial charge in [-0.15, -0.1) is 17.5 Å². The van der Waals surface area contributed by atoms with E-state index in [1.54, 1.807) is 76.6 Å². The van der Waals surface area contributed by atoms with Crippen LogP contribution in [0.2, 0.25) is 0 Å². The number of aromatic nitrogens is 9. The molecular formula is C74H93ClN18O15S. The number of nitrogens with two attached hydrogens (primary N) is 1. The Morgan fingerprint density at radius 2 is 1.55 bits per heavy atom. The van der Waals surface area contributed by atoms with E-state index in [-0.39, 0.29) is 161 Å². The number of nitrogens with zero attached hydrogens (tertiary/aromatic N) is 12. The highest BCUT2D eigenvalue weighted by atomic mass is 35.5. The van der Waals surface area contributed by atoms with Crippen molar-refractivity contribution >= 4 is 111 Å². The molecule has 0 aliphatic carbocycles. The molecule has 1 unspecified atom stereocenters. The molecule has 5 aromatic heterocycles. The van der Waals surface area contributed by atoms with E-state index in [0.29, 0.717) is 96.2 Å². The predicted molar refractivity (Wildman–Crippen MR) is 405 cm³/mol. The highest BCUT2D eigenvalue weighted by molar-refractivity contribution is 7.99. The van der Waals surface area contributed by atoms with Gasteiger partial charge in [-0.2, -0.15) is 16.7 Å². The van der Waals surface area contributed by atoms with Gasteiger partial charge in [0.1, 0.15) is 24.9 Å². The number of likely N-dealkylation sites (tertiary alicyclic amines) is 2. The standard InChI is InChI=1S/C74H92N18O15S.ClH/c1-5-51-52-37-50(106-73(104)90-29-23-49(24-30-90)87-27-10-9-11-28-87)19-20-56(52)81-64-53(51)42-92-58(64)38-55-54(69(92)100)44-105-71(103)74(55,8-4)107-63(97)43-91-41-47(85-86-91)13-12-14-59(93)76-25-31-88(61(95)6-2)32-33-89(62(96)7-3)34-36-108-35-26-77-60(94)22-21-57(70(101)102)82-67(98)45-15-17-46(18-16-45)78-39-48-40-79-66-65(80-48)68(99)84-72(75)83-66;/h15-20,37-38,40-41,49,57,78H,5-14,21-36,39,42-44H2,1-4H3,(H,76,93)(H,77,94)(H,82,98)(H,101,102)(H3,75,79,83,84,99);1H/t57?,74-;/m0./s1. The molecule has 0 radical (unpaired) electrons. The van der Waals surface area contributed by atoms with E-state index in [0.717, 1.165) is 42.4 Å². The number of nitrogens with one attached hydrogen (secondary N) is 5. The molecule has 4 aliphatic heterocycles. The van der Waals surface area contributed by atoms with Crippen molar-refractivity contribution in [2.45, 2.75) is 162 Å². The minimum absolute atomic E-state index is 0. The highest BCUT2D eigenvalue weighted by Gasteiger charge is 2.51. The number of piperidine rings is 2. The molecule has 8 N–H and O–H groups in total. The van der Waals surface area contributed by atoms with Crippen LogP contribution in [0.1, 0.15) is 149 Å². The molecule has 2 aromatic carbocycles. The first-order chi connectivity index (χ1) is 52.1. The van der Waals surface area contributed by atoms with Crippen molar-refractivity contribution in [2.24, 2.45) is 0 Å². The second-order valence-electron chi connectivity index (χ2n) is 27.0. The molecule has 6 amide bonds. The topological polar surface area (TPSA) is 426 Å². The lowest BCUT2D eigenvalue weighted by Gasteiger charge is -2.39. The van der Waals surface area contributed by atoms with Gasteiger partial charge < -0.3 is 70.5 Å². The molecule has 582 valence electrons. The van der Waals surface area contributed by atoms with E-state index in [1.807, 2.05) is 13.0 Å². The van der Waals surface area contributed by atoms with Gasteiger partial charge in [-0.05, 0) is 125 Å². The fraction of sp³-hybridized carbons (Fsp3) is 0.500. The number of benzene rings is 2. The third-order valence-electron chi connectivity index (χ3n) is 20.0. The molecule has 7 aromatic rings. The molecule has 0 bridgehead atoms. The molecular weight excluding hydrogens is 1450 g/mol. The monoisotopic (exact) mass is 1540 g/mol. The number of carboxylic acids is 1. The quantitative estimate of drug-likeness (QED) is 0.0206. The Kier molecular flexibility index (Phi) is 27.8. The maximum Gasteiger partial charge on any atom is 0.415 e. The number of halogens is 1. The number of thioether (sulfide) groups is 1. The normalized spacial score (nSPS) is 15.7. The number of aliphatic carboxylic acids is 1. The summed E-state index contributed by atoms with van der Waals surface area (Å²) in [6, 6.07) is 12.4. The van der Waals surface area contributed by atoms with Crippen molar-refractivity contribution in [3.8, 4) is 17.1 Å². The van der Waals surface area contributed by atoms with Crippen molar-refractivity contribution in [3.63, 3.8) is 0 Å². The number of fused-ring (bicyclic) bond motifs is 6. The zero-order valence-electron chi connectivity index (χ0n) is 61.6. The fourth-order valence-electron chi connectivity index (χ4n) is 14.2. The number of carbonyl (C=O) groups is 9. The number of hydrogen-bond donors (Lipinski definition) is 7. The lowest BCUT2D eigenvalue weighted by atomic mass is 9.85. The van der Waals surface area contributed by atoms with Crippen LogP contribution in [0.5, 0.6) is 5.75 Å². The van der Waals surface area contributed by atoms with Crippen LogP contribution in [0.4, 0.5) is 16.4 Å². The second kappa shape index (κ2) is 37.5. The first-order valence-corrected chi connectivity index (χ1v) is 38.1. The molecule has 2 fully saturated rings. The molecule has 4 aliphatic rings. The first-order valence-electron chi connectivity index (χ1n) is 36.9. The number of pyridine rings is 2. The SMILES string of the molecule is CCC(=O)N(CCNC(=O)CCCc1cn(CC(=O)O[C@]2(CC)C(=O)OCc3c2cc2n(c3=O)Cc3c-2nc2ccc(OC(=O)N4CCC(N5CCCCC5)CC4)cc2c3CC)nn1)CCN(CCSCCNC(=O)CCC(NC(=O)c1ccc(NCc2cnc3nc(N)[nH]c(=O)c3n2)cc1)C(=O)O)C(=O)CC.Cl. The number of aromatic amines is 1. The molecule has 0 saturated carbocycles. The third-order valence-corrected chi connectivity index (χ3v) is 21.0. The summed E-state index contributed by atoms with van der Waals surface area (Å²) in [5.41, 5.74) is 8.34. The Labute approximate surface area is 638 Å². The van der Waals surface area contributed by atoms with Crippen molar-refractivity contribution in [1.82, 2.24) is 80.0 Å². The van der Waals surface area contributed by atoms with E-state index >= 15 is 0 Å². The molecule has 0 spiro atoms. The molecule has 2 saturated heterocycles. The zero-order valence-corrected chi connectivity index (χ0v) is 63.2. The minimum atomic E-state index is -1.97. The van der Waals surface area contributed by atoms with Crippen LogP contribution in [0.25, 0.3) is 33.5 Å². The number of cyclic esters (lactones) is 1. The highest BCUT2D eigenvalue weighted by Crippen LogP contribution is 2.43. The summed E-state index contributed by atoms with van der Waals surface area (Å²) in [4.78, 5) is 173. The maximum atomic E-state index is 14.5. The van der Waals surface area contributed by atoms with Gasteiger partial charge in [-0.1, -0.05) is 39.3 Å². The lowest BCUT2D eigenvalue weighted by molar-refractivity contribution is -0.190. The Hall–Kier alpha value is -10.6. The average Bonchev–Trinajstić information content (AvgIpc) is 1.62. The van der Waals surface area contributed by atoms with Gasteiger partial charge >= 0.3 is 24.0 Å².